The lowest BCUT2D eigenvalue weighted by Crippen LogP contribution is -2.24. The fourth-order valence-corrected chi connectivity index (χ4v) is 2.31. The minimum atomic E-state index is 0.477. The van der Waals surface area contributed by atoms with E-state index in [4.69, 9.17) is 0 Å². The number of H-pyrrole nitrogens is 1. The average Bonchev–Trinajstić information content (AvgIpc) is 2.57. The van der Waals surface area contributed by atoms with Gasteiger partial charge in [-0.2, -0.15) is 0 Å². The van der Waals surface area contributed by atoms with Gasteiger partial charge in [-0.25, -0.2) is 4.98 Å². The van der Waals surface area contributed by atoms with Gasteiger partial charge in [-0.05, 0) is 19.9 Å². The number of hydrogen-bond donors (Lipinski definition) is 1. The summed E-state index contributed by atoms with van der Waals surface area (Å²) in [6, 6.07) is 0.959. The molecule has 0 spiro atoms. The summed E-state index contributed by atoms with van der Waals surface area (Å²) < 4.78 is 0. The van der Waals surface area contributed by atoms with Crippen LogP contribution < -0.4 is 0 Å². The van der Waals surface area contributed by atoms with E-state index in [1.807, 2.05) is 6.33 Å². The van der Waals surface area contributed by atoms with Gasteiger partial charge in [0.1, 0.15) is 0 Å². The molecule has 1 aliphatic heterocycles. The van der Waals surface area contributed by atoms with Crippen LogP contribution >= 0.6 is 0 Å². The summed E-state index contributed by atoms with van der Waals surface area (Å²) in [4.78, 5) is 10.0. The van der Waals surface area contributed by atoms with Crippen molar-refractivity contribution in [2.75, 3.05) is 7.05 Å². The van der Waals surface area contributed by atoms with Crippen molar-refractivity contribution < 1.29 is 0 Å². The third-order valence-electron chi connectivity index (χ3n) is 3.08. The second-order valence-electron chi connectivity index (χ2n) is 4.23. The average molecular weight is 179 g/mol. The summed E-state index contributed by atoms with van der Waals surface area (Å²) in [5.74, 6) is 0.622. The second kappa shape index (κ2) is 2.84. The van der Waals surface area contributed by atoms with Crippen molar-refractivity contribution in [2.45, 2.75) is 32.9 Å². The van der Waals surface area contributed by atoms with Gasteiger partial charge in [0.2, 0.25) is 0 Å². The highest BCUT2D eigenvalue weighted by Gasteiger charge is 2.37. The van der Waals surface area contributed by atoms with Crippen LogP contribution in [-0.4, -0.2) is 21.9 Å². The molecule has 0 fully saturated rings. The highest BCUT2D eigenvalue weighted by atomic mass is 15.2. The molecule has 0 saturated carbocycles. The van der Waals surface area contributed by atoms with Crippen LogP contribution in [0.3, 0.4) is 0 Å². The molecule has 1 aromatic heterocycles. The quantitative estimate of drug-likeness (QED) is 0.716. The molecule has 2 unspecified atom stereocenters. The number of nitrogens with one attached hydrogen (secondary N) is 1. The van der Waals surface area contributed by atoms with Gasteiger partial charge in [0.15, 0.2) is 0 Å². The highest BCUT2D eigenvalue weighted by Crippen LogP contribution is 2.41. The molecular formula is C10H17N3. The number of fused-ring (bicyclic) bond motifs is 1. The van der Waals surface area contributed by atoms with Crippen molar-refractivity contribution in [3.63, 3.8) is 0 Å². The van der Waals surface area contributed by atoms with Crippen molar-refractivity contribution in [1.29, 1.82) is 0 Å². The van der Waals surface area contributed by atoms with Crippen LogP contribution in [0.2, 0.25) is 0 Å². The van der Waals surface area contributed by atoms with Crippen molar-refractivity contribution in [1.82, 2.24) is 14.9 Å². The Morgan fingerprint density at radius 3 is 2.85 bits per heavy atom. The Hall–Kier alpha value is -0.830. The first-order chi connectivity index (χ1) is 6.13. The number of hydrogen-bond acceptors (Lipinski definition) is 2. The number of nitrogens with zero attached hydrogens (tertiary/aromatic N) is 2. The summed E-state index contributed by atoms with van der Waals surface area (Å²) in [6.45, 7) is 6.72. The van der Waals surface area contributed by atoms with Gasteiger partial charge in [-0.1, -0.05) is 13.8 Å². The van der Waals surface area contributed by atoms with Gasteiger partial charge in [0.05, 0.1) is 23.8 Å². The van der Waals surface area contributed by atoms with Crippen molar-refractivity contribution >= 4 is 0 Å². The smallest absolute Gasteiger partial charge is 0.0926 e. The number of aromatic amines is 1. The maximum atomic E-state index is 4.40. The zero-order valence-corrected chi connectivity index (χ0v) is 8.70. The summed E-state index contributed by atoms with van der Waals surface area (Å²) in [7, 11) is 2.17. The van der Waals surface area contributed by atoms with Gasteiger partial charge in [-0.15, -0.1) is 0 Å². The lowest BCUT2D eigenvalue weighted by Gasteiger charge is -2.26. The molecule has 0 aromatic carbocycles. The van der Waals surface area contributed by atoms with Gasteiger partial charge >= 0.3 is 0 Å². The van der Waals surface area contributed by atoms with Gasteiger partial charge in [0.25, 0.3) is 0 Å². The highest BCUT2D eigenvalue weighted by molar-refractivity contribution is 5.25. The standard InChI is InChI=1S/C10H17N3/c1-6(2)10-9-8(11-5-12-9)7(3)13(10)4/h5-7,10H,1-4H3,(H,11,12). The Labute approximate surface area is 79.2 Å². The molecule has 2 rings (SSSR count). The minimum absolute atomic E-state index is 0.477. The van der Waals surface area contributed by atoms with E-state index in [9.17, 15) is 0 Å². The Morgan fingerprint density at radius 1 is 1.54 bits per heavy atom. The third-order valence-corrected chi connectivity index (χ3v) is 3.08. The van der Waals surface area contributed by atoms with Gasteiger partial charge in [-0.3, -0.25) is 4.90 Å². The molecule has 3 nitrogen and oxygen atoms in total. The molecule has 0 aliphatic carbocycles. The number of imidazole rings is 1. The molecule has 2 heterocycles. The fraction of sp³-hybridized carbons (Fsp3) is 0.700. The molecule has 1 N–H and O–H groups in total. The topological polar surface area (TPSA) is 31.9 Å². The van der Waals surface area contributed by atoms with E-state index in [-0.39, 0.29) is 0 Å². The monoisotopic (exact) mass is 179 g/mol. The largest absolute Gasteiger partial charge is 0.347 e. The molecule has 3 heteroatoms. The molecule has 1 aromatic rings. The Balaban J connectivity index is 2.42. The first kappa shape index (κ1) is 8.75. The lowest BCUT2D eigenvalue weighted by molar-refractivity contribution is 0.171. The van der Waals surface area contributed by atoms with E-state index >= 15 is 0 Å². The van der Waals surface area contributed by atoms with Crippen molar-refractivity contribution in [3.8, 4) is 0 Å². The fourth-order valence-electron chi connectivity index (χ4n) is 2.31. The third kappa shape index (κ3) is 1.10. The van der Waals surface area contributed by atoms with Gasteiger partial charge in [0, 0.05) is 6.04 Å². The minimum Gasteiger partial charge on any atom is -0.347 e. The number of rotatable bonds is 1. The lowest BCUT2D eigenvalue weighted by atomic mass is 10.0. The molecule has 13 heavy (non-hydrogen) atoms. The summed E-state index contributed by atoms with van der Waals surface area (Å²) in [6.07, 6.45) is 1.81. The van der Waals surface area contributed by atoms with E-state index in [0.717, 1.165) is 0 Å². The Kier molecular flexibility index (Phi) is 1.91. The zero-order chi connectivity index (χ0) is 9.59. The maximum absolute atomic E-state index is 4.40. The van der Waals surface area contributed by atoms with Crippen LogP contribution in [0, 0.1) is 5.92 Å². The van der Waals surface area contributed by atoms with Crippen LogP contribution in [0.25, 0.3) is 0 Å². The molecule has 1 aliphatic rings. The summed E-state index contributed by atoms with van der Waals surface area (Å²) in [5.41, 5.74) is 2.53. The SMILES string of the molecule is CC(C)C1c2nc[nH]c2C(C)N1C. The van der Waals surface area contributed by atoms with E-state index in [2.05, 4.69) is 42.7 Å². The van der Waals surface area contributed by atoms with E-state index in [1.165, 1.54) is 11.4 Å². The zero-order valence-electron chi connectivity index (χ0n) is 8.70. The van der Waals surface area contributed by atoms with Crippen LogP contribution in [0.15, 0.2) is 6.33 Å². The molecule has 0 amide bonds. The van der Waals surface area contributed by atoms with E-state index < -0.39 is 0 Å². The second-order valence-corrected chi connectivity index (χ2v) is 4.23. The molecule has 72 valence electrons. The van der Waals surface area contributed by atoms with Crippen molar-refractivity contribution in [2.24, 2.45) is 5.92 Å². The van der Waals surface area contributed by atoms with E-state index in [1.54, 1.807) is 0 Å². The van der Waals surface area contributed by atoms with Crippen LogP contribution in [-0.2, 0) is 0 Å². The van der Waals surface area contributed by atoms with Crippen molar-refractivity contribution in [3.05, 3.63) is 17.7 Å². The predicted molar refractivity (Wildman–Crippen MR) is 52.3 cm³/mol. The summed E-state index contributed by atoms with van der Waals surface area (Å²) >= 11 is 0. The van der Waals surface area contributed by atoms with E-state index in [0.29, 0.717) is 18.0 Å². The van der Waals surface area contributed by atoms with Gasteiger partial charge < -0.3 is 4.98 Å². The summed E-state index contributed by atoms with van der Waals surface area (Å²) in [5, 5.41) is 0. The molecule has 0 saturated heterocycles. The number of aromatic nitrogens is 2. The van der Waals surface area contributed by atoms with Crippen LogP contribution in [0.1, 0.15) is 44.2 Å². The molecule has 2 atom stereocenters. The molecule has 0 bridgehead atoms. The van der Waals surface area contributed by atoms with Crippen LogP contribution in [0.5, 0.6) is 0 Å². The molecule has 0 radical (unpaired) electrons. The first-order valence-corrected chi connectivity index (χ1v) is 4.88. The molecular weight excluding hydrogens is 162 g/mol. The van der Waals surface area contributed by atoms with Crippen LogP contribution in [0.4, 0.5) is 0 Å². The Morgan fingerprint density at radius 2 is 2.23 bits per heavy atom. The predicted octanol–water partition coefficient (Wildman–Crippen LogP) is 2.11. The first-order valence-electron chi connectivity index (χ1n) is 4.88. The maximum Gasteiger partial charge on any atom is 0.0926 e. The normalized spacial score (nSPS) is 28.4. The Bertz CT molecular complexity index is 303.